The number of anilines is 2. The smallest absolute Gasteiger partial charge is 0.260 e. The van der Waals surface area contributed by atoms with E-state index in [1.807, 2.05) is 49.4 Å². The summed E-state index contributed by atoms with van der Waals surface area (Å²) in [5, 5.41) is 0. The number of hydrogen-bond donors (Lipinski definition) is 2. The first-order valence-electron chi connectivity index (χ1n) is 6.04. The van der Waals surface area contributed by atoms with Crippen molar-refractivity contribution in [3.05, 3.63) is 59.7 Å². The highest BCUT2D eigenvalue weighted by atomic mass is 16.2. The van der Waals surface area contributed by atoms with Crippen LogP contribution in [0.25, 0.3) is 0 Å². The van der Waals surface area contributed by atoms with E-state index in [4.69, 9.17) is 5.84 Å². The van der Waals surface area contributed by atoms with Crippen LogP contribution in [0, 0.1) is 6.92 Å². The Balaban J connectivity index is 2.34. The van der Waals surface area contributed by atoms with Gasteiger partial charge in [-0.2, -0.15) is 0 Å². The van der Waals surface area contributed by atoms with Crippen LogP contribution in [0.3, 0.4) is 0 Å². The van der Waals surface area contributed by atoms with E-state index in [0.717, 1.165) is 11.3 Å². The molecular formula is C15H17N3O. The Morgan fingerprint density at radius 3 is 2.47 bits per heavy atom. The topological polar surface area (TPSA) is 58.4 Å². The van der Waals surface area contributed by atoms with Crippen LogP contribution < -0.4 is 16.2 Å². The number of nitrogens with two attached hydrogens (primary N) is 1. The third-order valence-corrected chi connectivity index (χ3v) is 3.01. The molecule has 98 valence electrons. The molecule has 4 heteroatoms. The Bertz CT molecular complexity index is 581. The fourth-order valence-corrected chi connectivity index (χ4v) is 1.91. The van der Waals surface area contributed by atoms with Crippen LogP contribution in [-0.4, -0.2) is 13.0 Å². The standard InChI is InChI=1S/C15H17N3O/c1-11-8-9-13(14(10-11)17-16)15(19)18(2)12-6-4-3-5-7-12/h3-10,17H,16H2,1-2H3. The number of nitrogen functional groups attached to an aromatic ring is 1. The first-order chi connectivity index (χ1) is 9.13. The zero-order valence-corrected chi connectivity index (χ0v) is 11.1. The molecule has 4 nitrogen and oxygen atoms in total. The van der Waals surface area contributed by atoms with Crippen molar-refractivity contribution in [2.75, 3.05) is 17.4 Å². The molecule has 0 saturated carbocycles. The maximum absolute atomic E-state index is 12.5. The second-order valence-corrected chi connectivity index (χ2v) is 4.39. The number of carbonyl (C=O) groups is 1. The minimum atomic E-state index is -0.0980. The number of nitrogens with zero attached hydrogens (tertiary/aromatic N) is 1. The molecule has 0 unspecified atom stereocenters. The van der Waals surface area contributed by atoms with E-state index >= 15 is 0 Å². The molecule has 2 aromatic carbocycles. The number of aryl methyl sites for hydroxylation is 1. The van der Waals surface area contributed by atoms with Crippen molar-refractivity contribution in [1.82, 2.24) is 0 Å². The summed E-state index contributed by atoms with van der Waals surface area (Å²) in [4.78, 5) is 14.1. The summed E-state index contributed by atoms with van der Waals surface area (Å²) in [5.41, 5.74) is 5.65. The maximum atomic E-state index is 12.5. The van der Waals surface area contributed by atoms with Crippen LogP contribution in [0.1, 0.15) is 15.9 Å². The normalized spacial score (nSPS) is 10.1. The number of rotatable bonds is 3. The zero-order chi connectivity index (χ0) is 13.8. The van der Waals surface area contributed by atoms with Crippen molar-refractivity contribution in [3.8, 4) is 0 Å². The van der Waals surface area contributed by atoms with Gasteiger partial charge >= 0.3 is 0 Å². The fourth-order valence-electron chi connectivity index (χ4n) is 1.91. The Hall–Kier alpha value is -2.33. The first kappa shape index (κ1) is 13.1. The fraction of sp³-hybridized carbons (Fsp3) is 0.133. The SMILES string of the molecule is Cc1ccc(C(=O)N(C)c2ccccc2)c(NN)c1. The Morgan fingerprint density at radius 2 is 1.84 bits per heavy atom. The Kier molecular flexibility index (Phi) is 3.82. The van der Waals surface area contributed by atoms with Gasteiger partial charge in [-0.15, -0.1) is 0 Å². The van der Waals surface area contributed by atoms with Crippen LogP contribution in [0.2, 0.25) is 0 Å². The van der Waals surface area contributed by atoms with Gasteiger partial charge < -0.3 is 10.3 Å². The monoisotopic (exact) mass is 255 g/mol. The number of amides is 1. The highest BCUT2D eigenvalue weighted by molar-refractivity contribution is 6.09. The molecule has 0 aliphatic rings. The molecule has 0 bridgehead atoms. The third kappa shape index (κ3) is 2.74. The molecule has 0 atom stereocenters. The van der Waals surface area contributed by atoms with Gasteiger partial charge in [0.2, 0.25) is 0 Å². The van der Waals surface area contributed by atoms with Gasteiger partial charge in [0.1, 0.15) is 0 Å². The summed E-state index contributed by atoms with van der Waals surface area (Å²) in [6.45, 7) is 1.95. The van der Waals surface area contributed by atoms with E-state index in [-0.39, 0.29) is 5.91 Å². The van der Waals surface area contributed by atoms with Crippen molar-refractivity contribution in [1.29, 1.82) is 0 Å². The summed E-state index contributed by atoms with van der Waals surface area (Å²) in [5.74, 6) is 5.38. The minimum Gasteiger partial charge on any atom is -0.323 e. The van der Waals surface area contributed by atoms with Gasteiger partial charge in [-0.3, -0.25) is 10.6 Å². The lowest BCUT2D eigenvalue weighted by Crippen LogP contribution is -2.27. The van der Waals surface area contributed by atoms with Crippen LogP contribution in [0.5, 0.6) is 0 Å². The van der Waals surface area contributed by atoms with Crippen LogP contribution in [0.15, 0.2) is 48.5 Å². The highest BCUT2D eigenvalue weighted by Gasteiger charge is 2.16. The van der Waals surface area contributed by atoms with E-state index in [1.165, 1.54) is 0 Å². The van der Waals surface area contributed by atoms with Gasteiger partial charge in [0.15, 0.2) is 0 Å². The average molecular weight is 255 g/mol. The predicted octanol–water partition coefficient (Wildman–Crippen LogP) is 2.56. The minimum absolute atomic E-state index is 0.0980. The quantitative estimate of drug-likeness (QED) is 0.654. The number of para-hydroxylation sites is 1. The van der Waals surface area contributed by atoms with Gasteiger partial charge in [-0.1, -0.05) is 24.3 Å². The molecule has 0 aliphatic carbocycles. The number of hydrazine groups is 1. The van der Waals surface area contributed by atoms with Crippen molar-refractivity contribution in [3.63, 3.8) is 0 Å². The van der Waals surface area contributed by atoms with Gasteiger partial charge in [0, 0.05) is 12.7 Å². The van der Waals surface area contributed by atoms with Crippen LogP contribution in [0.4, 0.5) is 11.4 Å². The van der Waals surface area contributed by atoms with Crippen LogP contribution in [-0.2, 0) is 0 Å². The van der Waals surface area contributed by atoms with E-state index in [2.05, 4.69) is 5.43 Å². The largest absolute Gasteiger partial charge is 0.323 e. The molecule has 0 spiro atoms. The molecule has 19 heavy (non-hydrogen) atoms. The van der Waals surface area contributed by atoms with E-state index in [1.54, 1.807) is 18.0 Å². The second-order valence-electron chi connectivity index (χ2n) is 4.39. The van der Waals surface area contributed by atoms with E-state index < -0.39 is 0 Å². The molecular weight excluding hydrogens is 238 g/mol. The average Bonchev–Trinajstić information content (AvgIpc) is 2.46. The summed E-state index contributed by atoms with van der Waals surface area (Å²) < 4.78 is 0. The third-order valence-electron chi connectivity index (χ3n) is 3.01. The predicted molar refractivity (Wildman–Crippen MR) is 78.2 cm³/mol. The summed E-state index contributed by atoms with van der Waals surface area (Å²) in [7, 11) is 1.75. The Labute approximate surface area is 112 Å². The summed E-state index contributed by atoms with van der Waals surface area (Å²) in [6, 6.07) is 15.0. The lowest BCUT2D eigenvalue weighted by atomic mass is 10.1. The van der Waals surface area contributed by atoms with E-state index in [9.17, 15) is 4.79 Å². The van der Waals surface area contributed by atoms with Gasteiger partial charge in [0.05, 0.1) is 11.3 Å². The molecule has 0 fully saturated rings. The molecule has 0 aromatic heterocycles. The number of nitrogens with one attached hydrogen (secondary N) is 1. The number of carbonyl (C=O) groups excluding carboxylic acids is 1. The first-order valence-corrected chi connectivity index (χ1v) is 6.04. The molecule has 0 heterocycles. The Morgan fingerprint density at radius 1 is 1.16 bits per heavy atom. The van der Waals surface area contributed by atoms with Crippen LogP contribution >= 0.6 is 0 Å². The van der Waals surface area contributed by atoms with Crippen molar-refractivity contribution in [2.45, 2.75) is 6.92 Å². The van der Waals surface area contributed by atoms with Gasteiger partial charge in [-0.25, -0.2) is 0 Å². The number of benzene rings is 2. The van der Waals surface area contributed by atoms with Gasteiger partial charge in [-0.05, 0) is 36.8 Å². The van der Waals surface area contributed by atoms with Crippen molar-refractivity contribution < 1.29 is 4.79 Å². The lowest BCUT2D eigenvalue weighted by molar-refractivity contribution is 0.0994. The van der Waals surface area contributed by atoms with Gasteiger partial charge in [0.25, 0.3) is 5.91 Å². The molecule has 0 aliphatic heterocycles. The second kappa shape index (κ2) is 5.54. The van der Waals surface area contributed by atoms with E-state index in [0.29, 0.717) is 11.3 Å². The molecule has 2 rings (SSSR count). The van der Waals surface area contributed by atoms with Crippen molar-refractivity contribution in [2.24, 2.45) is 5.84 Å². The maximum Gasteiger partial charge on any atom is 0.260 e. The molecule has 0 radical (unpaired) electrons. The molecule has 3 N–H and O–H groups in total. The zero-order valence-electron chi connectivity index (χ0n) is 11.1. The molecule has 2 aromatic rings. The summed E-state index contributed by atoms with van der Waals surface area (Å²) >= 11 is 0. The summed E-state index contributed by atoms with van der Waals surface area (Å²) in [6.07, 6.45) is 0. The highest BCUT2D eigenvalue weighted by Crippen LogP contribution is 2.21. The molecule has 0 saturated heterocycles. The number of hydrogen-bond acceptors (Lipinski definition) is 3. The van der Waals surface area contributed by atoms with Crippen molar-refractivity contribution >= 4 is 17.3 Å². The lowest BCUT2D eigenvalue weighted by Gasteiger charge is -2.19. The molecule has 1 amide bonds.